The van der Waals surface area contributed by atoms with Gasteiger partial charge in [-0.15, -0.1) is 11.3 Å². The Morgan fingerprint density at radius 2 is 1.95 bits per heavy atom. The van der Waals surface area contributed by atoms with Crippen molar-refractivity contribution in [3.05, 3.63) is 46.2 Å². The van der Waals surface area contributed by atoms with Crippen molar-refractivity contribution in [3.8, 4) is 11.5 Å². The Hall–Kier alpha value is -2.34. The molecule has 0 saturated carbocycles. The molecule has 0 aliphatic rings. The molecule has 1 amide bonds. The molecule has 0 unspecified atom stereocenters. The van der Waals surface area contributed by atoms with Crippen molar-refractivity contribution in [2.24, 2.45) is 5.10 Å². The summed E-state index contributed by atoms with van der Waals surface area (Å²) in [5.41, 5.74) is 4.06. The predicted molar refractivity (Wildman–Crippen MR) is 83.5 cm³/mol. The molecule has 0 aliphatic carbocycles. The van der Waals surface area contributed by atoms with Crippen molar-refractivity contribution in [2.75, 3.05) is 14.2 Å². The van der Waals surface area contributed by atoms with Crippen LogP contribution in [0.4, 0.5) is 0 Å². The van der Waals surface area contributed by atoms with Gasteiger partial charge < -0.3 is 9.47 Å². The highest BCUT2D eigenvalue weighted by Gasteiger charge is 2.08. The summed E-state index contributed by atoms with van der Waals surface area (Å²) in [6.45, 7) is 1.82. The van der Waals surface area contributed by atoms with E-state index in [0.717, 1.165) is 5.56 Å². The van der Waals surface area contributed by atoms with Gasteiger partial charge in [0.05, 0.1) is 24.8 Å². The van der Waals surface area contributed by atoms with Crippen LogP contribution in [0.5, 0.6) is 11.5 Å². The van der Waals surface area contributed by atoms with Gasteiger partial charge in [0.25, 0.3) is 5.91 Å². The number of hydrogen-bond donors (Lipinski definition) is 1. The van der Waals surface area contributed by atoms with Crippen molar-refractivity contribution in [2.45, 2.75) is 6.92 Å². The van der Waals surface area contributed by atoms with E-state index in [4.69, 9.17) is 9.47 Å². The highest BCUT2D eigenvalue weighted by Crippen LogP contribution is 2.27. The van der Waals surface area contributed by atoms with Crippen LogP contribution in [0.2, 0.25) is 0 Å². The first kappa shape index (κ1) is 15.1. The first-order valence-corrected chi connectivity index (χ1v) is 7.14. The fourth-order valence-corrected chi connectivity index (χ4v) is 2.34. The van der Waals surface area contributed by atoms with Gasteiger partial charge in [-0.3, -0.25) is 4.79 Å². The second-order valence-electron chi connectivity index (χ2n) is 4.19. The number of hydrazone groups is 1. The Morgan fingerprint density at radius 3 is 2.57 bits per heavy atom. The van der Waals surface area contributed by atoms with E-state index in [1.807, 2.05) is 30.5 Å². The molecular formula is C15H16N2O3S. The van der Waals surface area contributed by atoms with Crippen LogP contribution in [0, 0.1) is 0 Å². The SMILES string of the molecule is COc1ccc(/C(C)=N\NC(=O)c2cccs2)cc1OC. The van der Waals surface area contributed by atoms with Gasteiger partial charge in [0.15, 0.2) is 11.5 Å². The lowest BCUT2D eigenvalue weighted by atomic mass is 10.1. The standard InChI is InChI=1S/C15H16N2O3S/c1-10(16-17-15(18)14-5-4-8-21-14)11-6-7-12(19-2)13(9-11)20-3/h4-9H,1-3H3,(H,17,18)/b16-10-. The molecule has 6 heteroatoms. The molecular weight excluding hydrogens is 288 g/mol. The topological polar surface area (TPSA) is 59.9 Å². The molecule has 2 aromatic rings. The number of nitrogens with zero attached hydrogens (tertiary/aromatic N) is 1. The zero-order valence-electron chi connectivity index (χ0n) is 12.0. The molecule has 110 valence electrons. The van der Waals surface area contributed by atoms with Crippen LogP contribution in [0.1, 0.15) is 22.2 Å². The minimum Gasteiger partial charge on any atom is -0.493 e. The van der Waals surface area contributed by atoms with Crippen LogP contribution < -0.4 is 14.9 Å². The molecule has 1 N–H and O–H groups in total. The number of benzene rings is 1. The monoisotopic (exact) mass is 304 g/mol. The lowest BCUT2D eigenvalue weighted by molar-refractivity contribution is 0.0959. The maximum Gasteiger partial charge on any atom is 0.281 e. The van der Waals surface area contributed by atoms with E-state index >= 15 is 0 Å². The van der Waals surface area contributed by atoms with E-state index in [1.54, 1.807) is 26.4 Å². The van der Waals surface area contributed by atoms with Gasteiger partial charge >= 0.3 is 0 Å². The first-order chi connectivity index (χ1) is 10.2. The Kier molecular flexibility index (Phi) is 4.94. The van der Waals surface area contributed by atoms with Crippen LogP contribution in [0.15, 0.2) is 40.8 Å². The second kappa shape index (κ2) is 6.90. The molecule has 2 rings (SSSR count). The highest BCUT2D eigenvalue weighted by atomic mass is 32.1. The van der Waals surface area contributed by atoms with Crippen LogP contribution >= 0.6 is 11.3 Å². The minimum atomic E-state index is -0.218. The maximum absolute atomic E-state index is 11.8. The molecule has 0 spiro atoms. The lowest BCUT2D eigenvalue weighted by Crippen LogP contribution is -2.18. The summed E-state index contributed by atoms with van der Waals surface area (Å²) in [4.78, 5) is 12.4. The molecule has 0 aliphatic heterocycles. The zero-order valence-corrected chi connectivity index (χ0v) is 12.9. The van der Waals surface area contributed by atoms with Crippen molar-refractivity contribution < 1.29 is 14.3 Å². The number of ether oxygens (including phenoxy) is 2. The van der Waals surface area contributed by atoms with Gasteiger partial charge in [-0.2, -0.15) is 5.10 Å². The number of nitrogens with one attached hydrogen (secondary N) is 1. The normalized spacial score (nSPS) is 11.1. The molecule has 21 heavy (non-hydrogen) atoms. The number of carbonyl (C=O) groups is 1. The fraction of sp³-hybridized carbons (Fsp3) is 0.200. The first-order valence-electron chi connectivity index (χ1n) is 6.26. The molecule has 1 heterocycles. The van der Waals surface area contributed by atoms with Crippen LogP contribution in [-0.2, 0) is 0 Å². The molecule has 0 fully saturated rings. The van der Waals surface area contributed by atoms with E-state index in [2.05, 4.69) is 10.5 Å². The summed E-state index contributed by atoms with van der Waals surface area (Å²) < 4.78 is 10.4. The largest absolute Gasteiger partial charge is 0.493 e. The second-order valence-corrected chi connectivity index (χ2v) is 5.13. The van der Waals surface area contributed by atoms with Gasteiger partial charge in [0.2, 0.25) is 0 Å². The molecule has 0 bridgehead atoms. The third-order valence-electron chi connectivity index (χ3n) is 2.87. The number of thiophene rings is 1. The van der Waals surface area contributed by atoms with Crippen molar-refractivity contribution >= 4 is 23.0 Å². The summed E-state index contributed by atoms with van der Waals surface area (Å²) in [6.07, 6.45) is 0. The van der Waals surface area contributed by atoms with Crippen molar-refractivity contribution in [1.82, 2.24) is 5.43 Å². The number of amides is 1. The fourth-order valence-electron chi connectivity index (χ4n) is 1.72. The van der Waals surface area contributed by atoms with E-state index in [1.165, 1.54) is 11.3 Å². The Balaban J connectivity index is 2.14. The van der Waals surface area contributed by atoms with Crippen molar-refractivity contribution in [1.29, 1.82) is 0 Å². The third-order valence-corrected chi connectivity index (χ3v) is 3.74. The van der Waals surface area contributed by atoms with Crippen LogP contribution in [-0.4, -0.2) is 25.8 Å². The summed E-state index contributed by atoms with van der Waals surface area (Å²) in [5, 5.41) is 5.96. The van der Waals surface area contributed by atoms with Gasteiger partial charge in [0, 0.05) is 5.56 Å². The molecule has 0 atom stereocenters. The average molecular weight is 304 g/mol. The van der Waals surface area contributed by atoms with Gasteiger partial charge in [0.1, 0.15) is 0 Å². The number of methoxy groups -OCH3 is 2. The van der Waals surface area contributed by atoms with E-state index < -0.39 is 0 Å². The van der Waals surface area contributed by atoms with Gasteiger partial charge in [-0.05, 0) is 36.6 Å². The van der Waals surface area contributed by atoms with Gasteiger partial charge in [-0.25, -0.2) is 5.43 Å². The van der Waals surface area contributed by atoms with E-state index in [-0.39, 0.29) is 5.91 Å². The lowest BCUT2D eigenvalue weighted by Gasteiger charge is -2.09. The summed E-state index contributed by atoms with van der Waals surface area (Å²) in [7, 11) is 3.16. The van der Waals surface area contributed by atoms with Crippen LogP contribution in [0.3, 0.4) is 0 Å². The van der Waals surface area contributed by atoms with E-state index in [9.17, 15) is 4.79 Å². The van der Waals surface area contributed by atoms with Crippen molar-refractivity contribution in [3.63, 3.8) is 0 Å². The quantitative estimate of drug-likeness (QED) is 0.682. The third kappa shape index (κ3) is 3.61. The summed E-state index contributed by atoms with van der Waals surface area (Å²) in [6, 6.07) is 9.05. The molecule has 0 radical (unpaired) electrons. The average Bonchev–Trinajstić information content (AvgIpc) is 3.06. The molecule has 1 aromatic carbocycles. The number of rotatable bonds is 5. The summed E-state index contributed by atoms with van der Waals surface area (Å²) in [5.74, 6) is 1.05. The van der Waals surface area contributed by atoms with Gasteiger partial charge in [-0.1, -0.05) is 6.07 Å². The highest BCUT2D eigenvalue weighted by molar-refractivity contribution is 7.12. The Labute approximate surface area is 127 Å². The Morgan fingerprint density at radius 1 is 1.19 bits per heavy atom. The van der Waals surface area contributed by atoms with E-state index in [0.29, 0.717) is 22.1 Å². The molecule has 0 saturated heterocycles. The zero-order chi connectivity index (χ0) is 15.2. The number of carbonyl (C=O) groups excluding carboxylic acids is 1. The number of hydrogen-bond acceptors (Lipinski definition) is 5. The van der Waals surface area contributed by atoms with Crippen LogP contribution in [0.25, 0.3) is 0 Å². The molecule has 5 nitrogen and oxygen atoms in total. The smallest absolute Gasteiger partial charge is 0.281 e. The minimum absolute atomic E-state index is 0.218. The maximum atomic E-state index is 11.8. The summed E-state index contributed by atoms with van der Waals surface area (Å²) >= 11 is 1.37. The Bertz CT molecular complexity index is 651. The molecule has 1 aromatic heterocycles. The predicted octanol–water partition coefficient (Wildman–Crippen LogP) is 2.92.